The van der Waals surface area contributed by atoms with Gasteiger partial charge in [-0.2, -0.15) is 0 Å². The molecule has 2 aromatic heterocycles. The molecule has 0 atom stereocenters. The molecule has 0 aliphatic heterocycles. The molecule has 0 radical (unpaired) electrons. The van der Waals surface area contributed by atoms with E-state index in [2.05, 4.69) is 35.3 Å². The van der Waals surface area contributed by atoms with Crippen LogP contribution in [0.2, 0.25) is 0 Å². The van der Waals surface area contributed by atoms with E-state index in [-0.39, 0.29) is 0 Å². The van der Waals surface area contributed by atoms with Crippen LogP contribution < -0.4 is 0 Å². The Hall–Kier alpha value is -1.88. The van der Waals surface area contributed by atoms with E-state index in [1.807, 2.05) is 17.6 Å². The van der Waals surface area contributed by atoms with Crippen LogP contribution in [0.5, 0.6) is 0 Å². The second-order valence-corrected chi connectivity index (χ2v) is 4.85. The lowest BCUT2D eigenvalue weighted by Crippen LogP contribution is -1.99. The number of aromatic amines is 1. The summed E-state index contributed by atoms with van der Waals surface area (Å²) in [5.74, 6) is 0.812. The minimum absolute atomic E-state index is 0.624. The Labute approximate surface area is 109 Å². The molecule has 92 valence electrons. The van der Waals surface area contributed by atoms with Crippen molar-refractivity contribution in [3.63, 3.8) is 0 Å². The quantitative estimate of drug-likeness (QED) is 0.718. The van der Waals surface area contributed by atoms with Crippen LogP contribution in [-0.2, 0) is 6.54 Å². The molecule has 0 aliphatic carbocycles. The lowest BCUT2D eigenvalue weighted by atomic mass is 10.2. The van der Waals surface area contributed by atoms with Gasteiger partial charge in [-0.3, -0.25) is 0 Å². The SMILES string of the molecule is Cc1ccc2c(c1)[nH]c(=S)n2Cc1cc(C)on1. The van der Waals surface area contributed by atoms with Gasteiger partial charge >= 0.3 is 0 Å². The normalized spacial score (nSPS) is 11.2. The Bertz CT molecular complexity index is 766. The number of fused-ring (bicyclic) bond motifs is 1. The van der Waals surface area contributed by atoms with Gasteiger partial charge in [0.2, 0.25) is 0 Å². The number of imidazole rings is 1. The Morgan fingerprint density at radius 3 is 2.89 bits per heavy atom. The summed E-state index contributed by atoms with van der Waals surface area (Å²) < 4.78 is 7.81. The summed E-state index contributed by atoms with van der Waals surface area (Å²) in [6.07, 6.45) is 0. The monoisotopic (exact) mass is 259 g/mol. The topological polar surface area (TPSA) is 46.8 Å². The summed E-state index contributed by atoms with van der Waals surface area (Å²) in [5, 5.41) is 4.00. The van der Waals surface area contributed by atoms with Crippen LogP contribution in [0, 0.1) is 18.6 Å². The lowest BCUT2D eigenvalue weighted by Gasteiger charge is -2.01. The first-order valence-electron chi connectivity index (χ1n) is 5.75. The van der Waals surface area contributed by atoms with Gasteiger partial charge in [-0.1, -0.05) is 11.2 Å². The third-order valence-corrected chi connectivity index (χ3v) is 3.25. The third kappa shape index (κ3) is 1.86. The summed E-state index contributed by atoms with van der Waals surface area (Å²) in [6, 6.07) is 8.17. The van der Waals surface area contributed by atoms with Crippen molar-refractivity contribution >= 4 is 23.3 Å². The first kappa shape index (κ1) is 11.2. The van der Waals surface area contributed by atoms with Crippen LogP contribution in [0.3, 0.4) is 0 Å². The highest BCUT2D eigenvalue weighted by Crippen LogP contribution is 2.17. The molecule has 0 amide bonds. The summed E-state index contributed by atoms with van der Waals surface area (Å²) in [6.45, 7) is 4.57. The van der Waals surface area contributed by atoms with Gasteiger partial charge in [0.1, 0.15) is 11.5 Å². The van der Waals surface area contributed by atoms with Crippen LogP contribution in [-0.4, -0.2) is 14.7 Å². The Morgan fingerprint density at radius 2 is 2.17 bits per heavy atom. The number of aryl methyl sites for hydroxylation is 2. The molecule has 0 saturated carbocycles. The first-order valence-corrected chi connectivity index (χ1v) is 6.16. The number of aromatic nitrogens is 3. The highest BCUT2D eigenvalue weighted by atomic mass is 32.1. The molecule has 5 heteroatoms. The van der Waals surface area contributed by atoms with Crippen LogP contribution in [0.25, 0.3) is 11.0 Å². The highest BCUT2D eigenvalue weighted by Gasteiger charge is 2.07. The number of benzene rings is 1. The van der Waals surface area contributed by atoms with Gasteiger partial charge in [0.15, 0.2) is 4.77 Å². The average Bonchev–Trinajstić information content (AvgIpc) is 2.84. The molecule has 1 aromatic carbocycles. The lowest BCUT2D eigenvalue weighted by molar-refractivity contribution is 0.389. The molecule has 3 rings (SSSR count). The molecule has 3 aromatic rings. The van der Waals surface area contributed by atoms with Crippen LogP contribution >= 0.6 is 12.2 Å². The smallest absolute Gasteiger partial charge is 0.178 e. The number of hydrogen-bond acceptors (Lipinski definition) is 3. The minimum atomic E-state index is 0.624. The zero-order chi connectivity index (χ0) is 12.7. The number of nitrogens with zero attached hydrogens (tertiary/aromatic N) is 2. The van der Waals surface area contributed by atoms with Crippen molar-refractivity contribution in [3.05, 3.63) is 46.1 Å². The van der Waals surface area contributed by atoms with E-state index in [9.17, 15) is 0 Å². The predicted molar refractivity (Wildman–Crippen MR) is 72.2 cm³/mol. The van der Waals surface area contributed by atoms with E-state index in [4.69, 9.17) is 16.7 Å². The van der Waals surface area contributed by atoms with Crippen molar-refractivity contribution in [1.29, 1.82) is 0 Å². The molecule has 0 saturated heterocycles. The van der Waals surface area contributed by atoms with E-state index in [1.165, 1.54) is 5.56 Å². The van der Waals surface area contributed by atoms with Crippen molar-refractivity contribution < 1.29 is 4.52 Å². The van der Waals surface area contributed by atoms with Gasteiger partial charge < -0.3 is 14.1 Å². The highest BCUT2D eigenvalue weighted by molar-refractivity contribution is 7.71. The molecule has 0 aliphatic rings. The number of hydrogen-bond donors (Lipinski definition) is 1. The largest absolute Gasteiger partial charge is 0.361 e. The summed E-state index contributed by atoms with van der Waals surface area (Å²) >= 11 is 5.35. The molecule has 0 bridgehead atoms. The van der Waals surface area contributed by atoms with Crippen molar-refractivity contribution in [3.8, 4) is 0 Å². The van der Waals surface area contributed by atoms with Crippen molar-refractivity contribution in [2.24, 2.45) is 0 Å². The standard InChI is InChI=1S/C13H13N3OS/c1-8-3-4-12-11(5-8)14-13(18)16(12)7-10-6-9(2)17-15-10/h3-6H,7H2,1-2H3,(H,14,18). The Morgan fingerprint density at radius 1 is 1.33 bits per heavy atom. The third-order valence-electron chi connectivity index (χ3n) is 2.93. The molecular weight excluding hydrogens is 246 g/mol. The van der Waals surface area contributed by atoms with Crippen molar-refractivity contribution in [2.75, 3.05) is 0 Å². The molecule has 2 heterocycles. The molecule has 0 spiro atoms. The number of H-pyrrole nitrogens is 1. The maximum atomic E-state index is 5.35. The summed E-state index contributed by atoms with van der Waals surface area (Å²) in [5.41, 5.74) is 4.24. The van der Waals surface area contributed by atoms with Crippen LogP contribution in [0.4, 0.5) is 0 Å². The van der Waals surface area contributed by atoms with Gasteiger partial charge in [-0.25, -0.2) is 0 Å². The summed E-state index contributed by atoms with van der Waals surface area (Å²) in [7, 11) is 0. The molecule has 18 heavy (non-hydrogen) atoms. The predicted octanol–water partition coefficient (Wildman–Crippen LogP) is 3.35. The molecule has 4 nitrogen and oxygen atoms in total. The van der Waals surface area contributed by atoms with Crippen molar-refractivity contribution in [2.45, 2.75) is 20.4 Å². The first-order chi connectivity index (χ1) is 8.63. The number of rotatable bonds is 2. The maximum Gasteiger partial charge on any atom is 0.178 e. The fourth-order valence-electron chi connectivity index (χ4n) is 2.09. The molecular formula is C13H13N3OS. The summed E-state index contributed by atoms with van der Waals surface area (Å²) in [4.78, 5) is 3.21. The van der Waals surface area contributed by atoms with Gasteiger partial charge in [0.05, 0.1) is 17.6 Å². The van der Waals surface area contributed by atoms with Gasteiger partial charge in [-0.15, -0.1) is 0 Å². The molecule has 1 N–H and O–H groups in total. The van der Waals surface area contributed by atoms with E-state index in [0.29, 0.717) is 11.3 Å². The van der Waals surface area contributed by atoms with E-state index in [0.717, 1.165) is 22.5 Å². The van der Waals surface area contributed by atoms with Gasteiger partial charge in [-0.05, 0) is 43.8 Å². The molecule has 0 unspecified atom stereocenters. The maximum absolute atomic E-state index is 5.35. The van der Waals surface area contributed by atoms with Gasteiger partial charge in [0, 0.05) is 6.07 Å². The fourth-order valence-corrected chi connectivity index (χ4v) is 2.36. The zero-order valence-electron chi connectivity index (χ0n) is 10.2. The second kappa shape index (κ2) is 4.10. The Balaban J connectivity index is 2.11. The minimum Gasteiger partial charge on any atom is -0.361 e. The Kier molecular flexibility index (Phi) is 2.56. The van der Waals surface area contributed by atoms with E-state index >= 15 is 0 Å². The van der Waals surface area contributed by atoms with Crippen LogP contribution in [0.1, 0.15) is 17.0 Å². The number of nitrogens with one attached hydrogen (secondary N) is 1. The fraction of sp³-hybridized carbons (Fsp3) is 0.231. The zero-order valence-corrected chi connectivity index (χ0v) is 11.0. The van der Waals surface area contributed by atoms with Gasteiger partial charge in [0.25, 0.3) is 0 Å². The van der Waals surface area contributed by atoms with Crippen molar-refractivity contribution in [1.82, 2.24) is 14.7 Å². The average molecular weight is 259 g/mol. The second-order valence-electron chi connectivity index (χ2n) is 4.47. The van der Waals surface area contributed by atoms with E-state index in [1.54, 1.807) is 0 Å². The molecule has 0 fully saturated rings. The van der Waals surface area contributed by atoms with Crippen LogP contribution in [0.15, 0.2) is 28.8 Å². The van der Waals surface area contributed by atoms with E-state index < -0.39 is 0 Å².